The highest BCUT2D eigenvalue weighted by atomic mass is 16.4. The monoisotopic (exact) mass is 229 g/mol. The van der Waals surface area contributed by atoms with Gasteiger partial charge in [0.1, 0.15) is 0 Å². The van der Waals surface area contributed by atoms with Gasteiger partial charge in [-0.25, -0.2) is 4.79 Å². The van der Waals surface area contributed by atoms with Gasteiger partial charge in [-0.15, -0.1) is 0 Å². The van der Waals surface area contributed by atoms with Gasteiger partial charge in [0.25, 0.3) is 0 Å². The van der Waals surface area contributed by atoms with Crippen molar-refractivity contribution >= 4 is 16.9 Å². The Kier molecular flexibility index (Phi) is 2.84. The minimum absolute atomic E-state index is 0.280. The van der Waals surface area contributed by atoms with Gasteiger partial charge in [0, 0.05) is 11.6 Å². The minimum Gasteiger partial charge on any atom is -0.478 e. The normalized spacial score (nSPS) is 11.1. The summed E-state index contributed by atoms with van der Waals surface area (Å²) < 4.78 is 0. The summed E-state index contributed by atoms with van der Waals surface area (Å²) in [7, 11) is 0. The number of fused-ring (bicyclic) bond motifs is 1. The predicted molar refractivity (Wildman–Crippen MR) is 67.5 cm³/mol. The number of aromatic carboxylic acids is 1. The molecule has 0 atom stereocenters. The van der Waals surface area contributed by atoms with Crippen molar-refractivity contribution < 1.29 is 9.90 Å². The summed E-state index contributed by atoms with van der Waals surface area (Å²) in [6.45, 7) is 6.10. The smallest absolute Gasteiger partial charge is 0.337 e. The molecule has 0 amide bonds. The SMILES string of the molecule is Cc1cc(C(=O)O)c2nccc(C(C)C)c2c1. The van der Waals surface area contributed by atoms with E-state index in [1.54, 1.807) is 12.3 Å². The van der Waals surface area contributed by atoms with E-state index in [0.717, 1.165) is 16.5 Å². The first-order chi connectivity index (χ1) is 8.00. The van der Waals surface area contributed by atoms with E-state index in [-0.39, 0.29) is 5.56 Å². The summed E-state index contributed by atoms with van der Waals surface area (Å²) in [6, 6.07) is 5.63. The van der Waals surface area contributed by atoms with Crippen molar-refractivity contribution in [3.8, 4) is 0 Å². The largest absolute Gasteiger partial charge is 0.478 e. The van der Waals surface area contributed by atoms with Crippen LogP contribution in [-0.2, 0) is 0 Å². The number of carboxylic acid groups (broad SMARTS) is 1. The van der Waals surface area contributed by atoms with E-state index in [0.29, 0.717) is 11.4 Å². The Morgan fingerprint density at radius 2 is 2.06 bits per heavy atom. The van der Waals surface area contributed by atoms with Crippen molar-refractivity contribution in [2.75, 3.05) is 0 Å². The molecule has 1 aromatic carbocycles. The Balaban J connectivity index is 2.88. The molecule has 0 aliphatic rings. The zero-order chi connectivity index (χ0) is 12.6. The molecule has 3 nitrogen and oxygen atoms in total. The van der Waals surface area contributed by atoms with Crippen molar-refractivity contribution in [3.05, 3.63) is 41.1 Å². The fourth-order valence-corrected chi connectivity index (χ4v) is 2.09. The molecular weight excluding hydrogens is 214 g/mol. The molecule has 3 heteroatoms. The number of benzene rings is 1. The zero-order valence-electron chi connectivity index (χ0n) is 10.2. The molecule has 0 saturated heterocycles. The van der Waals surface area contributed by atoms with Crippen LogP contribution in [0.15, 0.2) is 24.4 Å². The summed E-state index contributed by atoms with van der Waals surface area (Å²) >= 11 is 0. The number of aryl methyl sites for hydroxylation is 1. The van der Waals surface area contributed by atoms with Crippen LogP contribution in [-0.4, -0.2) is 16.1 Å². The lowest BCUT2D eigenvalue weighted by molar-refractivity contribution is 0.0698. The predicted octanol–water partition coefficient (Wildman–Crippen LogP) is 3.36. The standard InChI is InChI=1S/C14H15NO2/c1-8(2)10-4-5-15-13-11(10)6-9(3)7-12(13)14(16)17/h4-8H,1-3H3,(H,16,17). The Bertz CT molecular complexity index is 588. The van der Waals surface area contributed by atoms with Gasteiger partial charge in [0.05, 0.1) is 11.1 Å². The molecule has 0 aliphatic heterocycles. The average Bonchev–Trinajstić information content (AvgIpc) is 2.26. The lowest BCUT2D eigenvalue weighted by Gasteiger charge is -2.11. The Labute approximate surface area is 100 Å². The van der Waals surface area contributed by atoms with Crippen molar-refractivity contribution in [2.24, 2.45) is 0 Å². The average molecular weight is 229 g/mol. The van der Waals surface area contributed by atoms with E-state index in [1.807, 2.05) is 19.1 Å². The van der Waals surface area contributed by atoms with E-state index >= 15 is 0 Å². The van der Waals surface area contributed by atoms with Crippen LogP contribution in [0.5, 0.6) is 0 Å². The van der Waals surface area contributed by atoms with Crippen molar-refractivity contribution in [1.82, 2.24) is 4.98 Å². The number of hydrogen-bond acceptors (Lipinski definition) is 2. The van der Waals surface area contributed by atoms with Crippen LogP contribution in [0.1, 0.15) is 41.3 Å². The van der Waals surface area contributed by atoms with E-state index < -0.39 is 5.97 Å². The van der Waals surface area contributed by atoms with E-state index in [4.69, 9.17) is 0 Å². The first kappa shape index (κ1) is 11.6. The molecule has 2 rings (SSSR count). The maximum atomic E-state index is 11.2. The minimum atomic E-state index is -0.924. The quantitative estimate of drug-likeness (QED) is 0.859. The summed E-state index contributed by atoms with van der Waals surface area (Å²) in [4.78, 5) is 15.4. The first-order valence-electron chi connectivity index (χ1n) is 5.63. The Hall–Kier alpha value is -1.90. The molecule has 0 fully saturated rings. The molecule has 0 aliphatic carbocycles. The number of rotatable bonds is 2. The van der Waals surface area contributed by atoms with Crippen LogP contribution in [0.3, 0.4) is 0 Å². The molecular formula is C14H15NO2. The van der Waals surface area contributed by atoms with Gasteiger partial charge in [0.2, 0.25) is 0 Å². The molecule has 0 spiro atoms. The van der Waals surface area contributed by atoms with Gasteiger partial charge in [-0.1, -0.05) is 13.8 Å². The molecule has 1 heterocycles. The van der Waals surface area contributed by atoms with E-state index in [2.05, 4.69) is 18.8 Å². The fourth-order valence-electron chi connectivity index (χ4n) is 2.09. The summed E-state index contributed by atoms with van der Waals surface area (Å²) in [6.07, 6.45) is 1.68. The molecule has 88 valence electrons. The number of hydrogen-bond donors (Lipinski definition) is 1. The number of aromatic nitrogens is 1. The summed E-state index contributed by atoms with van der Waals surface area (Å²) in [5.41, 5.74) is 2.95. The Morgan fingerprint density at radius 3 is 2.65 bits per heavy atom. The third-order valence-corrected chi connectivity index (χ3v) is 2.88. The second-order valence-electron chi connectivity index (χ2n) is 4.57. The maximum Gasteiger partial charge on any atom is 0.337 e. The zero-order valence-corrected chi connectivity index (χ0v) is 10.2. The van der Waals surface area contributed by atoms with Crippen LogP contribution in [0.4, 0.5) is 0 Å². The van der Waals surface area contributed by atoms with Gasteiger partial charge in [0.15, 0.2) is 0 Å². The lowest BCUT2D eigenvalue weighted by atomic mass is 9.96. The summed E-state index contributed by atoms with van der Waals surface area (Å²) in [5.74, 6) is -0.573. The molecule has 0 bridgehead atoms. The number of nitrogens with zero attached hydrogens (tertiary/aromatic N) is 1. The van der Waals surface area contributed by atoms with Gasteiger partial charge < -0.3 is 5.11 Å². The molecule has 17 heavy (non-hydrogen) atoms. The number of pyridine rings is 1. The van der Waals surface area contributed by atoms with E-state index in [9.17, 15) is 9.90 Å². The highest BCUT2D eigenvalue weighted by molar-refractivity contribution is 6.03. The summed E-state index contributed by atoms with van der Waals surface area (Å²) in [5, 5.41) is 10.1. The molecule has 1 N–H and O–H groups in total. The van der Waals surface area contributed by atoms with Crippen LogP contribution in [0, 0.1) is 6.92 Å². The van der Waals surface area contributed by atoms with Crippen LogP contribution in [0.25, 0.3) is 10.9 Å². The van der Waals surface area contributed by atoms with E-state index in [1.165, 1.54) is 0 Å². The second kappa shape index (κ2) is 4.17. The molecule has 0 radical (unpaired) electrons. The fraction of sp³-hybridized carbons (Fsp3) is 0.286. The van der Waals surface area contributed by atoms with Crippen LogP contribution >= 0.6 is 0 Å². The first-order valence-corrected chi connectivity index (χ1v) is 5.63. The second-order valence-corrected chi connectivity index (χ2v) is 4.57. The van der Waals surface area contributed by atoms with Crippen LogP contribution < -0.4 is 0 Å². The molecule has 1 aromatic heterocycles. The Morgan fingerprint density at radius 1 is 1.35 bits per heavy atom. The molecule has 0 unspecified atom stereocenters. The van der Waals surface area contributed by atoms with Crippen LogP contribution in [0.2, 0.25) is 0 Å². The maximum absolute atomic E-state index is 11.2. The third-order valence-electron chi connectivity index (χ3n) is 2.88. The topological polar surface area (TPSA) is 50.2 Å². The van der Waals surface area contributed by atoms with Crippen molar-refractivity contribution in [1.29, 1.82) is 0 Å². The van der Waals surface area contributed by atoms with Gasteiger partial charge in [-0.3, -0.25) is 4.98 Å². The number of carboxylic acids is 1. The third kappa shape index (κ3) is 2.00. The highest BCUT2D eigenvalue weighted by Gasteiger charge is 2.14. The number of carbonyl (C=O) groups is 1. The van der Waals surface area contributed by atoms with Gasteiger partial charge >= 0.3 is 5.97 Å². The van der Waals surface area contributed by atoms with Crippen molar-refractivity contribution in [2.45, 2.75) is 26.7 Å². The van der Waals surface area contributed by atoms with Gasteiger partial charge in [-0.05, 0) is 42.2 Å². The highest BCUT2D eigenvalue weighted by Crippen LogP contribution is 2.27. The van der Waals surface area contributed by atoms with Gasteiger partial charge in [-0.2, -0.15) is 0 Å². The van der Waals surface area contributed by atoms with Crippen molar-refractivity contribution in [3.63, 3.8) is 0 Å². The lowest BCUT2D eigenvalue weighted by Crippen LogP contribution is -2.01. The molecule has 2 aromatic rings. The molecule has 0 saturated carbocycles.